The zero-order valence-corrected chi connectivity index (χ0v) is 16.6. The van der Waals surface area contributed by atoms with Crippen LogP contribution in [0.15, 0.2) is 58.5 Å². The third kappa shape index (κ3) is 4.92. The average molecular weight is 385 g/mol. The molecular weight excluding hydrogens is 360 g/mol. The number of urea groups is 1. The maximum Gasteiger partial charge on any atom is 0.318 e. The number of aryl methyl sites for hydroxylation is 1. The topological polar surface area (TPSA) is 54.7 Å². The number of thiophene rings is 1. The molecule has 1 N–H and O–H groups in total. The molecule has 1 aromatic carbocycles. The molecule has 0 saturated carbocycles. The Labute approximate surface area is 163 Å². The zero-order valence-electron chi connectivity index (χ0n) is 15.8. The number of ether oxygens (including phenoxy) is 1. The molecule has 0 aliphatic rings. The van der Waals surface area contributed by atoms with Gasteiger partial charge in [-0.15, -0.1) is 11.3 Å². The number of carbonyl (C=O) groups is 1. The second-order valence-electron chi connectivity index (χ2n) is 6.43. The van der Waals surface area contributed by atoms with Crippen molar-refractivity contribution in [2.75, 3.05) is 7.11 Å². The molecule has 3 aromatic rings. The fraction of sp³-hybridized carbons (Fsp3) is 0.286. The van der Waals surface area contributed by atoms with E-state index in [4.69, 9.17) is 9.15 Å². The molecule has 0 spiro atoms. The van der Waals surface area contributed by atoms with Crippen molar-refractivity contribution < 1.29 is 13.9 Å². The number of benzene rings is 1. The third-order valence-electron chi connectivity index (χ3n) is 4.33. The van der Waals surface area contributed by atoms with Crippen molar-refractivity contribution in [3.05, 3.63) is 75.9 Å². The molecule has 5 nitrogen and oxygen atoms in total. The van der Waals surface area contributed by atoms with Crippen LogP contribution in [0.1, 0.15) is 34.7 Å². The van der Waals surface area contributed by atoms with E-state index in [-0.39, 0.29) is 12.1 Å². The summed E-state index contributed by atoms with van der Waals surface area (Å²) in [5.74, 6) is 1.52. The fourth-order valence-corrected chi connectivity index (χ4v) is 3.65. The first kappa shape index (κ1) is 19.0. The van der Waals surface area contributed by atoms with E-state index >= 15 is 0 Å². The normalized spacial score (nSPS) is 11.8. The predicted molar refractivity (Wildman–Crippen MR) is 107 cm³/mol. The molecule has 0 aliphatic carbocycles. The highest BCUT2D eigenvalue weighted by Gasteiger charge is 2.20. The van der Waals surface area contributed by atoms with Gasteiger partial charge in [0.1, 0.15) is 11.5 Å². The van der Waals surface area contributed by atoms with Gasteiger partial charge in [0.05, 0.1) is 32.5 Å². The maximum atomic E-state index is 13.0. The highest BCUT2D eigenvalue weighted by molar-refractivity contribution is 7.09. The number of hydrogen-bond donors (Lipinski definition) is 1. The molecule has 1 unspecified atom stereocenters. The van der Waals surface area contributed by atoms with E-state index in [1.165, 1.54) is 0 Å². The molecule has 6 heteroatoms. The van der Waals surface area contributed by atoms with Crippen LogP contribution in [0.2, 0.25) is 0 Å². The van der Waals surface area contributed by atoms with Gasteiger partial charge in [-0.25, -0.2) is 4.79 Å². The van der Waals surface area contributed by atoms with Gasteiger partial charge in [-0.3, -0.25) is 0 Å². The molecule has 2 amide bonds. The van der Waals surface area contributed by atoms with Gasteiger partial charge in [-0.2, -0.15) is 0 Å². The van der Waals surface area contributed by atoms with Gasteiger partial charge in [0.25, 0.3) is 0 Å². The van der Waals surface area contributed by atoms with Crippen molar-refractivity contribution in [3.63, 3.8) is 0 Å². The smallest absolute Gasteiger partial charge is 0.318 e. The molecule has 2 heterocycles. The number of nitrogens with one attached hydrogen (secondary N) is 1. The Kier molecular flexibility index (Phi) is 6.19. The molecule has 142 valence electrons. The molecule has 2 aromatic heterocycles. The minimum atomic E-state index is -0.185. The van der Waals surface area contributed by atoms with Crippen LogP contribution in [0.5, 0.6) is 5.75 Å². The van der Waals surface area contributed by atoms with Crippen LogP contribution in [0.3, 0.4) is 0 Å². The van der Waals surface area contributed by atoms with Crippen LogP contribution >= 0.6 is 11.3 Å². The first-order chi connectivity index (χ1) is 13.1. The molecule has 0 fully saturated rings. The number of furan rings is 1. The predicted octanol–water partition coefficient (Wildman–Crippen LogP) is 5.13. The number of nitrogens with zero attached hydrogens (tertiary/aromatic N) is 1. The Morgan fingerprint density at radius 2 is 2.11 bits per heavy atom. The Morgan fingerprint density at radius 1 is 1.26 bits per heavy atom. The van der Waals surface area contributed by atoms with E-state index in [2.05, 4.69) is 5.32 Å². The summed E-state index contributed by atoms with van der Waals surface area (Å²) in [7, 11) is 1.64. The molecule has 0 radical (unpaired) electrons. The van der Waals surface area contributed by atoms with Gasteiger partial charge in [0, 0.05) is 10.4 Å². The van der Waals surface area contributed by atoms with E-state index in [0.717, 1.165) is 27.5 Å². The molecule has 27 heavy (non-hydrogen) atoms. The number of hydrogen-bond acceptors (Lipinski definition) is 4. The third-order valence-corrected chi connectivity index (χ3v) is 5.19. The molecule has 1 atom stereocenters. The summed E-state index contributed by atoms with van der Waals surface area (Å²) in [6.45, 7) is 4.93. The molecule has 0 saturated heterocycles. The van der Waals surface area contributed by atoms with Gasteiger partial charge in [-0.05, 0) is 43.5 Å². The minimum Gasteiger partial charge on any atom is -0.496 e. The number of amides is 2. The Balaban J connectivity index is 1.76. The van der Waals surface area contributed by atoms with Crippen LogP contribution < -0.4 is 10.1 Å². The molecule has 0 aliphatic heterocycles. The second-order valence-corrected chi connectivity index (χ2v) is 7.46. The minimum absolute atomic E-state index is 0.143. The Morgan fingerprint density at radius 3 is 2.78 bits per heavy atom. The van der Waals surface area contributed by atoms with E-state index in [1.54, 1.807) is 29.6 Å². The van der Waals surface area contributed by atoms with Gasteiger partial charge in [-0.1, -0.05) is 23.8 Å². The number of rotatable bonds is 7. The molecule has 3 rings (SSSR count). The van der Waals surface area contributed by atoms with Crippen molar-refractivity contribution in [1.29, 1.82) is 0 Å². The lowest BCUT2D eigenvalue weighted by Crippen LogP contribution is -2.40. The van der Waals surface area contributed by atoms with E-state index < -0.39 is 0 Å². The lowest BCUT2D eigenvalue weighted by atomic mass is 10.0. The lowest BCUT2D eigenvalue weighted by molar-refractivity contribution is 0.184. The summed E-state index contributed by atoms with van der Waals surface area (Å²) in [4.78, 5) is 15.9. The van der Waals surface area contributed by atoms with Gasteiger partial charge in [0.2, 0.25) is 0 Å². The number of methoxy groups -OCH3 is 1. The summed E-state index contributed by atoms with van der Waals surface area (Å²) in [5, 5.41) is 5.11. The van der Waals surface area contributed by atoms with E-state index in [0.29, 0.717) is 13.1 Å². The van der Waals surface area contributed by atoms with Gasteiger partial charge >= 0.3 is 6.03 Å². The van der Waals surface area contributed by atoms with Gasteiger partial charge < -0.3 is 19.4 Å². The quantitative estimate of drug-likeness (QED) is 0.614. The zero-order chi connectivity index (χ0) is 19.2. The van der Waals surface area contributed by atoms with Gasteiger partial charge in [0.15, 0.2) is 0 Å². The van der Waals surface area contributed by atoms with Crippen molar-refractivity contribution in [3.8, 4) is 5.75 Å². The number of carbonyl (C=O) groups excluding carboxylic acids is 1. The lowest BCUT2D eigenvalue weighted by Gasteiger charge is -2.25. The summed E-state index contributed by atoms with van der Waals surface area (Å²) < 4.78 is 10.9. The molecule has 0 bridgehead atoms. The Bertz CT molecular complexity index is 823. The summed E-state index contributed by atoms with van der Waals surface area (Å²) in [6.07, 6.45) is 1.62. The monoisotopic (exact) mass is 384 g/mol. The summed E-state index contributed by atoms with van der Waals surface area (Å²) in [5.41, 5.74) is 2.08. The van der Waals surface area contributed by atoms with Crippen LogP contribution in [-0.2, 0) is 13.1 Å². The standard InChI is InChI=1S/C21H24N2O3S/c1-15-8-9-20(25-3)19(12-15)16(2)22-21(24)23(13-17-6-4-10-26-17)14-18-7-5-11-27-18/h4-12,16H,13-14H2,1-3H3,(H,22,24). The van der Waals surface area contributed by atoms with Crippen LogP contribution in [0.4, 0.5) is 4.79 Å². The fourth-order valence-electron chi connectivity index (χ4n) is 2.93. The van der Waals surface area contributed by atoms with E-state index in [1.807, 2.05) is 61.7 Å². The van der Waals surface area contributed by atoms with Crippen molar-refractivity contribution in [2.45, 2.75) is 33.0 Å². The summed E-state index contributed by atoms with van der Waals surface area (Å²) >= 11 is 1.63. The first-order valence-corrected chi connectivity index (χ1v) is 9.69. The van der Waals surface area contributed by atoms with Crippen LogP contribution in [0, 0.1) is 6.92 Å². The largest absolute Gasteiger partial charge is 0.496 e. The van der Waals surface area contributed by atoms with Crippen LogP contribution in [-0.4, -0.2) is 18.0 Å². The first-order valence-electron chi connectivity index (χ1n) is 8.81. The SMILES string of the molecule is COc1ccc(C)cc1C(C)NC(=O)N(Cc1ccco1)Cc1cccs1. The van der Waals surface area contributed by atoms with Crippen molar-refractivity contribution in [1.82, 2.24) is 10.2 Å². The highest BCUT2D eigenvalue weighted by Crippen LogP contribution is 2.26. The maximum absolute atomic E-state index is 13.0. The Hall–Kier alpha value is -2.73. The van der Waals surface area contributed by atoms with E-state index in [9.17, 15) is 4.79 Å². The van der Waals surface area contributed by atoms with Crippen molar-refractivity contribution in [2.24, 2.45) is 0 Å². The average Bonchev–Trinajstić information content (AvgIpc) is 3.35. The van der Waals surface area contributed by atoms with Crippen LogP contribution in [0.25, 0.3) is 0 Å². The highest BCUT2D eigenvalue weighted by atomic mass is 32.1. The second kappa shape index (κ2) is 8.77. The molecular formula is C21H24N2O3S. The van der Waals surface area contributed by atoms with Crippen molar-refractivity contribution >= 4 is 17.4 Å². The summed E-state index contributed by atoms with van der Waals surface area (Å²) in [6, 6.07) is 13.4.